The van der Waals surface area contributed by atoms with Crippen molar-refractivity contribution in [2.24, 2.45) is 0 Å². The Hall–Kier alpha value is -1.59. The number of para-hydroxylation sites is 1. The van der Waals surface area contributed by atoms with Gasteiger partial charge in [0.25, 0.3) is 0 Å². The smallest absolute Gasteiger partial charge is 0.219 e. The lowest BCUT2D eigenvalue weighted by Gasteiger charge is -2.35. The summed E-state index contributed by atoms with van der Waals surface area (Å²) in [5, 5.41) is 10.2. The molecular weight excluding hydrogens is 242 g/mol. The molecule has 5 heteroatoms. The minimum absolute atomic E-state index is 0.118. The van der Waals surface area contributed by atoms with E-state index in [-0.39, 0.29) is 5.91 Å². The van der Waals surface area contributed by atoms with Crippen LogP contribution in [0.25, 0.3) is 0 Å². The van der Waals surface area contributed by atoms with Crippen LogP contribution < -0.4 is 5.73 Å². The average Bonchev–Trinajstić information content (AvgIpc) is 2.39. The van der Waals surface area contributed by atoms with Crippen LogP contribution in [0.1, 0.15) is 18.6 Å². The van der Waals surface area contributed by atoms with E-state index in [0.717, 1.165) is 31.7 Å². The van der Waals surface area contributed by atoms with E-state index >= 15 is 0 Å². The highest BCUT2D eigenvalue weighted by Crippen LogP contribution is 2.21. The number of hydrogen-bond acceptors (Lipinski definition) is 4. The molecule has 2 rings (SSSR count). The van der Waals surface area contributed by atoms with Crippen LogP contribution in [0.4, 0.5) is 5.69 Å². The monoisotopic (exact) mass is 263 g/mol. The normalized spacial score (nSPS) is 18.3. The Kier molecular flexibility index (Phi) is 4.39. The van der Waals surface area contributed by atoms with Crippen molar-refractivity contribution in [3.8, 4) is 0 Å². The minimum Gasteiger partial charge on any atom is -0.398 e. The summed E-state index contributed by atoms with van der Waals surface area (Å²) >= 11 is 0. The van der Waals surface area contributed by atoms with Gasteiger partial charge >= 0.3 is 0 Å². The number of nitrogens with zero attached hydrogens (tertiary/aromatic N) is 2. The van der Waals surface area contributed by atoms with Gasteiger partial charge in [0.2, 0.25) is 5.91 Å². The van der Waals surface area contributed by atoms with Gasteiger partial charge in [-0.05, 0) is 6.07 Å². The Bertz CT molecular complexity index is 442. The number of aliphatic hydroxyl groups excluding tert-OH is 1. The fourth-order valence-electron chi connectivity index (χ4n) is 2.40. The van der Waals surface area contributed by atoms with Gasteiger partial charge < -0.3 is 15.7 Å². The molecule has 1 fully saturated rings. The van der Waals surface area contributed by atoms with E-state index in [1.807, 2.05) is 23.1 Å². The van der Waals surface area contributed by atoms with E-state index in [0.29, 0.717) is 12.2 Å². The highest BCUT2D eigenvalue weighted by molar-refractivity contribution is 5.73. The first-order chi connectivity index (χ1) is 9.08. The molecule has 1 aliphatic rings. The van der Waals surface area contributed by atoms with Gasteiger partial charge in [-0.15, -0.1) is 0 Å². The van der Waals surface area contributed by atoms with Crippen molar-refractivity contribution < 1.29 is 9.90 Å². The van der Waals surface area contributed by atoms with Crippen molar-refractivity contribution >= 4 is 11.6 Å². The summed E-state index contributed by atoms with van der Waals surface area (Å²) < 4.78 is 0. The molecule has 0 spiro atoms. The zero-order valence-electron chi connectivity index (χ0n) is 11.2. The van der Waals surface area contributed by atoms with Crippen LogP contribution in [0.3, 0.4) is 0 Å². The third-order valence-corrected chi connectivity index (χ3v) is 3.60. The van der Waals surface area contributed by atoms with E-state index < -0.39 is 6.10 Å². The number of anilines is 1. The van der Waals surface area contributed by atoms with Crippen molar-refractivity contribution in [2.75, 3.05) is 38.5 Å². The van der Waals surface area contributed by atoms with Crippen molar-refractivity contribution in [2.45, 2.75) is 13.0 Å². The molecule has 5 nitrogen and oxygen atoms in total. The second-order valence-electron chi connectivity index (χ2n) is 4.95. The van der Waals surface area contributed by atoms with E-state index in [1.165, 1.54) is 0 Å². The third-order valence-electron chi connectivity index (χ3n) is 3.60. The van der Waals surface area contributed by atoms with E-state index in [4.69, 9.17) is 5.73 Å². The van der Waals surface area contributed by atoms with Gasteiger partial charge in [-0.25, -0.2) is 0 Å². The van der Waals surface area contributed by atoms with Gasteiger partial charge in [0, 0.05) is 50.9 Å². The first-order valence-electron chi connectivity index (χ1n) is 6.58. The summed E-state index contributed by atoms with van der Waals surface area (Å²) in [6.45, 7) is 5.19. The molecule has 3 N–H and O–H groups in total. The van der Waals surface area contributed by atoms with Crippen molar-refractivity contribution in [1.29, 1.82) is 0 Å². The molecule has 0 bridgehead atoms. The maximum Gasteiger partial charge on any atom is 0.219 e. The molecule has 1 heterocycles. The summed E-state index contributed by atoms with van der Waals surface area (Å²) in [4.78, 5) is 15.2. The zero-order valence-corrected chi connectivity index (χ0v) is 11.2. The molecule has 19 heavy (non-hydrogen) atoms. The number of carbonyl (C=O) groups excluding carboxylic acids is 1. The van der Waals surface area contributed by atoms with E-state index in [1.54, 1.807) is 13.0 Å². The van der Waals surface area contributed by atoms with Gasteiger partial charge in [0.15, 0.2) is 0 Å². The summed E-state index contributed by atoms with van der Waals surface area (Å²) in [6.07, 6.45) is -0.579. The number of rotatable bonds is 3. The summed E-state index contributed by atoms with van der Waals surface area (Å²) in [6, 6.07) is 7.39. The number of aliphatic hydroxyl groups is 1. The van der Waals surface area contributed by atoms with Gasteiger partial charge in [-0.1, -0.05) is 18.2 Å². The van der Waals surface area contributed by atoms with Crippen LogP contribution >= 0.6 is 0 Å². The lowest BCUT2D eigenvalue weighted by atomic mass is 10.1. The number of nitrogens with two attached hydrogens (primary N) is 1. The van der Waals surface area contributed by atoms with Gasteiger partial charge in [-0.2, -0.15) is 0 Å². The zero-order chi connectivity index (χ0) is 13.8. The standard InChI is InChI=1S/C14H21N3O2/c1-11(18)17-8-6-16(7-9-17)10-14(19)12-4-2-3-5-13(12)15/h2-5,14,19H,6-10,15H2,1H3. The number of carbonyl (C=O) groups is 1. The number of benzene rings is 1. The average molecular weight is 263 g/mol. The molecule has 1 amide bonds. The second kappa shape index (κ2) is 6.04. The van der Waals surface area contributed by atoms with Crippen LogP contribution in [0.2, 0.25) is 0 Å². The van der Waals surface area contributed by atoms with Crippen LogP contribution in [0.15, 0.2) is 24.3 Å². The van der Waals surface area contributed by atoms with Crippen molar-refractivity contribution in [1.82, 2.24) is 9.80 Å². The lowest BCUT2D eigenvalue weighted by molar-refractivity contribution is -0.130. The third kappa shape index (κ3) is 3.45. The van der Waals surface area contributed by atoms with Crippen molar-refractivity contribution in [3.05, 3.63) is 29.8 Å². The van der Waals surface area contributed by atoms with Crippen LogP contribution in [-0.2, 0) is 4.79 Å². The number of nitrogen functional groups attached to an aromatic ring is 1. The first-order valence-corrected chi connectivity index (χ1v) is 6.58. The second-order valence-corrected chi connectivity index (χ2v) is 4.95. The molecular formula is C14H21N3O2. The molecule has 1 atom stereocenters. The lowest BCUT2D eigenvalue weighted by Crippen LogP contribution is -2.48. The first kappa shape index (κ1) is 13.8. The SMILES string of the molecule is CC(=O)N1CCN(CC(O)c2ccccc2N)CC1. The molecule has 1 aromatic rings. The number of hydrogen-bond donors (Lipinski definition) is 2. The Morgan fingerprint density at radius 1 is 1.32 bits per heavy atom. The highest BCUT2D eigenvalue weighted by atomic mass is 16.3. The predicted molar refractivity (Wildman–Crippen MR) is 74.5 cm³/mol. The highest BCUT2D eigenvalue weighted by Gasteiger charge is 2.21. The van der Waals surface area contributed by atoms with Gasteiger partial charge in [0.05, 0.1) is 6.10 Å². The molecule has 0 aromatic heterocycles. The fourth-order valence-corrected chi connectivity index (χ4v) is 2.40. The van der Waals surface area contributed by atoms with Crippen LogP contribution in [0, 0.1) is 0 Å². The van der Waals surface area contributed by atoms with Gasteiger partial charge in [0.1, 0.15) is 0 Å². The van der Waals surface area contributed by atoms with Crippen molar-refractivity contribution in [3.63, 3.8) is 0 Å². The molecule has 1 aliphatic heterocycles. The predicted octanol–water partition coefficient (Wildman–Crippen LogP) is 0.466. The topological polar surface area (TPSA) is 69.8 Å². The number of β-amino-alcohol motifs (C(OH)–C–C–N with tert-alkyl or cyclic N) is 1. The van der Waals surface area contributed by atoms with Crippen LogP contribution in [0.5, 0.6) is 0 Å². The summed E-state index contributed by atoms with van der Waals surface area (Å²) in [7, 11) is 0. The Morgan fingerprint density at radius 2 is 1.95 bits per heavy atom. The molecule has 1 saturated heterocycles. The number of amides is 1. The van der Waals surface area contributed by atoms with E-state index in [2.05, 4.69) is 4.90 Å². The van der Waals surface area contributed by atoms with Gasteiger partial charge in [-0.3, -0.25) is 9.69 Å². The molecule has 0 saturated carbocycles. The quantitative estimate of drug-likeness (QED) is 0.778. The molecule has 1 aromatic carbocycles. The molecule has 0 aliphatic carbocycles. The molecule has 0 radical (unpaired) electrons. The maximum atomic E-state index is 11.2. The Labute approximate surface area is 113 Å². The minimum atomic E-state index is -0.579. The molecule has 104 valence electrons. The summed E-state index contributed by atoms with van der Waals surface area (Å²) in [5.41, 5.74) is 7.25. The van der Waals surface area contributed by atoms with Crippen LogP contribution in [-0.4, -0.2) is 53.5 Å². The fraction of sp³-hybridized carbons (Fsp3) is 0.500. The summed E-state index contributed by atoms with van der Waals surface area (Å²) in [5.74, 6) is 0.118. The van der Waals surface area contributed by atoms with E-state index in [9.17, 15) is 9.90 Å². The molecule has 1 unspecified atom stereocenters. The maximum absolute atomic E-state index is 11.2. The largest absolute Gasteiger partial charge is 0.398 e. The number of piperazine rings is 1. The Morgan fingerprint density at radius 3 is 2.53 bits per heavy atom. The Balaban J connectivity index is 1.89.